The summed E-state index contributed by atoms with van der Waals surface area (Å²) < 4.78 is 54.1. The van der Waals surface area contributed by atoms with E-state index in [1.54, 1.807) is 0 Å². The van der Waals surface area contributed by atoms with Crippen molar-refractivity contribution >= 4 is 5.97 Å². The summed E-state index contributed by atoms with van der Waals surface area (Å²) in [6, 6.07) is 0. The van der Waals surface area contributed by atoms with Crippen molar-refractivity contribution in [3.8, 4) is 0 Å². The maximum absolute atomic E-state index is 13.0. The van der Waals surface area contributed by atoms with Gasteiger partial charge in [-0.1, -0.05) is 0 Å². The fourth-order valence-electron chi connectivity index (χ4n) is 0.869. The molecule has 1 rings (SSSR count). The minimum absolute atomic E-state index is 0.398. The van der Waals surface area contributed by atoms with Crippen LogP contribution < -0.4 is 0 Å². The van der Waals surface area contributed by atoms with Crippen LogP contribution >= 0.6 is 0 Å². The van der Waals surface area contributed by atoms with E-state index in [4.69, 9.17) is 0 Å². The maximum atomic E-state index is 13.0. The molecule has 0 aliphatic carbocycles. The zero-order valence-corrected chi connectivity index (χ0v) is 7.43. The molecule has 0 fully saturated rings. The van der Waals surface area contributed by atoms with Gasteiger partial charge >= 0.3 is 5.97 Å². The highest BCUT2D eigenvalue weighted by atomic mass is 19.3. The number of esters is 1. The number of nitrogens with zero attached hydrogens (tertiary/aromatic N) is 1. The van der Waals surface area contributed by atoms with Gasteiger partial charge in [-0.25, -0.2) is 27.3 Å². The van der Waals surface area contributed by atoms with E-state index in [-0.39, 0.29) is 0 Å². The molecule has 0 atom stereocenters. The lowest BCUT2D eigenvalue weighted by atomic mass is 10.2. The first-order valence-electron chi connectivity index (χ1n) is 3.69. The molecule has 0 bridgehead atoms. The number of hydrogen-bond donors (Lipinski definition) is 0. The monoisotopic (exact) mass is 223 g/mol. The Kier molecular flexibility index (Phi) is 3.23. The third-order valence-corrected chi connectivity index (χ3v) is 1.60. The average Bonchev–Trinajstić information content (AvgIpc) is 2.20. The topological polar surface area (TPSA) is 39.2 Å². The molecule has 0 saturated carbocycles. The number of ether oxygens (including phenoxy) is 1. The Labute approximate surface area is 81.7 Å². The number of alkyl halides is 2. The van der Waals surface area contributed by atoms with Gasteiger partial charge in [-0.3, -0.25) is 0 Å². The van der Waals surface area contributed by atoms with Gasteiger partial charge in [-0.15, -0.1) is 0 Å². The number of methoxy groups -OCH3 is 1. The summed E-state index contributed by atoms with van der Waals surface area (Å²) in [6.45, 7) is 0. The van der Waals surface area contributed by atoms with E-state index in [2.05, 4.69) is 9.72 Å². The number of hydrogen-bond acceptors (Lipinski definition) is 3. The molecule has 0 unspecified atom stereocenters. The first-order valence-corrected chi connectivity index (χ1v) is 3.69. The smallest absolute Gasteiger partial charge is 0.359 e. The molecule has 1 heterocycles. The molecule has 0 N–H and O–H groups in total. The largest absolute Gasteiger partial charge is 0.464 e. The van der Waals surface area contributed by atoms with Crippen LogP contribution in [-0.4, -0.2) is 18.1 Å². The number of carbonyl (C=O) groups is 1. The van der Waals surface area contributed by atoms with Crippen LogP contribution in [-0.2, 0) is 4.74 Å². The van der Waals surface area contributed by atoms with Crippen LogP contribution in [0.15, 0.2) is 6.20 Å². The van der Waals surface area contributed by atoms with Crippen molar-refractivity contribution in [2.75, 3.05) is 7.11 Å². The van der Waals surface area contributed by atoms with Gasteiger partial charge in [0.05, 0.1) is 12.7 Å². The molecule has 0 saturated heterocycles. The van der Waals surface area contributed by atoms with Crippen molar-refractivity contribution in [2.24, 2.45) is 0 Å². The molecule has 0 aromatic carbocycles. The summed E-state index contributed by atoms with van der Waals surface area (Å²) >= 11 is 0. The molecule has 3 nitrogen and oxygen atoms in total. The number of aromatic nitrogens is 1. The number of pyridine rings is 1. The number of rotatable bonds is 2. The lowest BCUT2D eigenvalue weighted by Crippen LogP contribution is -2.11. The SMILES string of the molecule is COC(=O)c1ncc(C(F)F)c(F)c1F. The average molecular weight is 223 g/mol. The zero-order valence-electron chi connectivity index (χ0n) is 7.43. The van der Waals surface area contributed by atoms with E-state index in [9.17, 15) is 22.4 Å². The van der Waals surface area contributed by atoms with Gasteiger partial charge in [0.1, 0.15) is 0 Å². The van der Waals surface area contributed by atoms with Crippen LogP contribution in [0, 0.1) is 11.6 Å². The van der Waals surface area contributed by atoms with Gasteiger partial charge in [0.15, 0.2) is 17.3 Å². The zero-order chi connectivity index (χ0) is 11.6. The molecular weight excluding hydrogens is 218 g/mol. The molecule has 0 aliphatic heterocycles. The van der Waals surface area contributed by atoms with Crippen molar-refractivity contribution in [1.82, 2.24) is 4.98 Å². The Hall–Kier alpha value is -1.66. The summed E-state index contributed by atoms with van der Waals surface area (Å²) in [4.78, 5) is 13.9. The first kappa shape index (κ1) is 11.4. The Morgan fingerprint density at radius 3 is 2.47 bits per heavy atom. The lowest BCUT2D eigenvalue weighted by molar-refractivity contribution is 0.0585. The van der Waals surface area contributed by atoms with E-state index in [1.165, 1.54) is 0 Å². The highest BCUT2D eigenvalue weighted by Crippen LogP contribution is 2.24. The number of halogens is 4. The van der Waals surface area contributed by atoms with Crippen LogP contribution in [0.2, 0.25) is 0 Å². The van der Waals surface area contributed by atoms with Crippen molar-refractivity contribution < 1.29 is 27.1 Å². The van der Waals surface area contributed by atoms with Crippen LogP contribution in [0.4, 0.5) is 17.6 Å². The van der Waals surface area contributed by atoms with Crippen LogP contribution in [0.1, 0.15) is 22.5 Å². The highest BCUT2D eigenvalue weighted by Gasteiger charge is 2.24. The van der Waals surface area contributed by atoms with Gasteiger partial charge in [-0.2, -0.15) is 0 Å². The van der Waals surface area contributed by atoms with Crippen molar-refractivity contribution in [3.05, 3.63) is 29.1 Å². The Morgan fingerprint density at radius 1 is 1.40 bits per heavy atom. The molecule has 0 amide bonds. The quantitative estimate of drug-likeness (QED) is 0.569. The van der Waals surface area contributed by atoms with E-state index in [1.807, 2.05) is 0 Å². The minimum Gasteiger partial charge on any atom is -0.464 e. The summed E-state index contributed by atoms with van der Waals surface area (Å²) in [7, 11) is 0.933. The number of carbonyl (C=O) groups excluding carboxylic acids is 1. The molecule has 82 valence electrons. The predicted molar refractivity (Wildman–Crippen MR) is 40.4 cm³/mol. The molecular formula is C8H5F4NO2. The molecule has 7 heteroatoms. The third kappa shape index (κ3) is 2.05. The van der Waals surface area contributed by atoms with Gasteiger partial charge in [0, 0.05) is 6.20 Å². The molecule has 0 spiro atoms. The minimum atomic E-state index is -3.20. The van der Waals surface area contributed by atoms with Gasteiger partial charge in [-0.05, 0) is 0 Å². The van der Waals surface area contributed by atoms with Crippen LogP contribution in [0.25, 0.3) is 0 Å². The summed E-state index contributed by atoms with van der Waals surface area (Å²) in [5.74, 6) is -4.76. The third-order valence-electron chi connectivity index (χ3n) is 1.60. The molecule has 0 aliphatic rings. The van der Waals surface area contributed by atoms with Crippen LogP contribution in [0.5, 0.6) is 0 Å². The summed E-state index contributed by atoms with van der Waals surface area (Å²) in [5, 5.41) is 0. The molecule has 1 aromatic heterocycles. The van der Waals surface area contributed by atoms with Crippen molar-refractivity contribution in [2.45, 2.75) is 6.43 Å². The summed E-state index contributed by atoms with van der Waals surface area (Å²) in [5.41, 5.74) is -2.15. The van der Waals surface area contributed by atoms with Gasteiger partial charge in [0.2, 0.25) is 0 Å². The summed E-state index contributed by atoms with van der Waals surface area (Å²) in [6.07, 6.45) is -2.80. The molecule has 15 heavy (non-hydrogen) atoms. The second-order valence-corrected chi connectivity index (χ2v) is 2.48. The normalized spacial score (nSPS) is 10.5. The fraction of sp³-hybridized carbons (Fsp3) is 0.250. The van der Waals surface area contributed by atoms with E-state index in [0.29, 0.717) is 6.20 Å². The Bertz CT molecular complexity index is 394. The van der Waals surface area contributed by atoms with Crippen molar-refractivity contribution in [1.29, 1.82) is 0 Å². The van der Waals surface area contributed by atoms with E-state index < -0.39 is 35.3 Å². The first-order chi connectivity index (χ1) is 6.99. The van der Waals surface area contributed by atoms with Gasteiger partial charge < -0.3 is 4.74 Å². The Morgan fingerprint density at radius 2 is 2.00 bits per heavy atom. The van der Waals surface area contributed by atoms with Crippen LogP contribution in [0.3, 0.4) is 0 Å². The second kappa shape index (κ2) is 4.24. The lowest BCUT2D eigenvalue weighted by Gasteiger charge is -2.05. The predicted octanol–water partition coefficient (Wildman–Crippen LogP) is 2.08. The van der Waals surface area contributed by atoms with E-state index in [0.717, 1.165) is 7.11 Å². The molecule has 1 aromatic rings. The second-order valence-electron chi connectivity index (χ2n) is 2.48. The maximum Gasteiger partial charge on any atom is 0.359 e. The van der Waals surface area contributed by atoms with E-state index >= 15 is 0 Å². The standard InChI is InChI=1S/C8H5F4NO2/c1-15-8(14)6-5(10)4(9)3(2-13-6)7(11)12/h2,7H,1H3. The highest BCUT2D eigenvalue weighted by molar-refractivity contribution is 5.87. The molecule has 0 radical (unpaired) electrons. The van der Waals surface area contributed by atoms with Gasteiger partial charge in [0.25, 0.3) is 6.43 Å². The Balaban J connectivity index is 3.27. The van der Waals surface area contributed by atoms with Crippen molar-refractivity contribution in [3.63, 3.8) is 0 Å². The fourth-order valence-corrected chi connectivity index (χ4v) is 0.869.